The minimum absolute atomic E-state index is 0.660. The zero-order valence-electron chi connectivity index (χ0n) is 4.69. The summed E-state index contributed by atoms with van der Waals surface area (Å²) in [7, 11) is 0. The fourth-order valence-electron chi connectivity index (χ4n) is 0.257. The van der Waals surface area contributed by atoms with Gasteiger partial charge in [-0.15, -0.1) is 11.6 Å². The number of hydrogen-bond donors (Lipinski definition) is 1. The molecule has 1 N–H and O–H groups in total. The van der Waals surface area contributed by atoms with Crippen molar-refractivity contribution in [2.24, 2.45) is 0 Å². The highest BCUT2D eigenvalue weighted by Crippen LogP contribution is 1.80. The zero-order valence-corrected chi connectivity index (χ0v) is 5.45. The molecule has 0 aromatic heterocycles. The van der Waals surface area contributed by atoms with Crippen LogP contribution in [0.25, 0.3) is 0 Å². The van der Waals surface area contributed by atoms with Crippen LogP contribution in [0, 0.1) is 0 Å². The summed E-state index contributed by atoms with van der Waals surface area (Å²) in [6.45, 7) is 4.11. The number of hydroxylamine groups is 1. The quantitative estimate of drug-likeness (QED) is 0.265. The summed E-state index contributed by atoms with van der Waals surface area (Å²) in [5, 5.41) is 0. The lowest BCUT2D eigenvalue weighted by molar-refractivity contribution is 0.136. The second kappa shape index (κ2) is 6.79. The van der Waals surface area contributed by atoms with Gasteiger partial charge in [-0.05, 0) is 6.42 Å². The molecule has 0 fully saturated rings. The predicted molar refractivity (Wildman–Crippen MR) is 34.6 cm³/mol. The first-order valence-corrected chi connectivity index (χ1v) is 3.00. The monoisotopic (exact) mass is 135 g/mol. The maximum absolute atomic E-state index is 5.36. The lowest BCUT2D eigenvalue weighted by Gasteiger charge is -1.97. The van der Waals surface area contributed by atoms with Crippen LogP contribution in [-0.2, 0) is 4.84 Å². The summed E-state index contributed by atoms with van der Waals surface area (Å²) in [6, 6.07) is 0. The lowest BCUT2D eigenvalue weighted by atomic mass is 10.5. The number of rotatable bonds is 5. The molecular weight excluding hydrogens is 126 g/mol. The number of hydrogen-bond acceptors (Lipinski definition) is 2. The van der Waals surface area contributed by atoms with Gasteiger partial charge < -0.3 is 4.84 Å². The first-order chi connectivity index (χ1) is 3.91. The van der Waals surface area contributed by atoms with Crippen LogP contribution in [0.15, 0.2) is 12.8 Å². The fraction of sp³-hybridized carbons (Fsp3) is 0.600. The van der Waals surface area contributed by atoms with Gasteiger partial charge in [-0.1, -0.05) is 6.58 Å². The Morgan fingerprint density at radius 3 is 3.00 bits per heavy atom. The van der Waals surface area contributed by atoms with Gasteiger partial charge in [0, 0.05) is 12.4 Å². The van der Waals surface area contributed by atoms with Crippen LogP contribution < -0.4 is 5.48 Å². The van der Waals surface area contributed by atoms with Crippen LogP contribution in [0.1, 0.15) is 6.42 Å². The second-order valence-corrected chi connectivity index (χ2v) is 1.60. The van der Waals surface area contributed by atoms with Crippen molar-refractivity contribution in [3.8, 4) is 0 Å². The van der Waals surface area contributed by atoms with Gasteiger partial charge in [-0.25, -0.2) is 0 Å². The summed E-state index contributed by atoms with van der Waals surface area (Å²) in [6.07, 6.45) is 2.25. The standard InChI is InChI=1S/C5H10ClNO/c1-2-8-7-5-3-4-6/h2,7H,1,3-5H2. The Morgan fingerprint density at radius 2 is 2.50 bits per heavy atom. The highest BCUT2D eigenvalue weighted by atomic mass is 35.5. The maximum atomic E-state index is 5.36. The second-order valence-electron chi connectivity index (χ2n) is 1.22. The topological polar surface area (TPSA) is 21.3 Å². The summed E-state index contributed by atoms with van der Waals surface area (Å²) in [5.74, 6) is 0.660. The molecule has 0 unspecified atom stereocenters. The van der Waals surface area contributed by atoms with E-state index in [1.54, 1.807) is 0 Å². The maximum Gasteiger partial charge on any atom is 0.104 e. The molecule has 48 valence electrons. The SMILES string of the molecule is C=CONCCCCl. The molecule has 0 aliphatic heterocycles. The van der Waals surface area contributed by atoms with E-state index < -0.39 is 0 Å². The normalized spacial score (nSPS) is 8.62. The molecule has 0 radical (unpaired) electrons. The first kappa shape index (κ1) is 7.79. The van der Waals surface area contributed by atoms with E-state index in [9.17, 15) is 0 Å². The van der Waals surface area contributed by atoms with Crippen molar-refractivity contribution in [2.45, 2.75) is 6.42 Å². The van der Waals surface area contributed by atoms with Crippen LogP contribution >= 0.6 is 11.6 Å². The van der Waals surface area contributed by atoms with Gasteiger partial charge in [0.15, 0.2) is 0 Å². The van der Waals surface area contributed by atoms with Crippen molar-refractivity contribution < 1.29 is 4.84 Å². The Bertz CT molecular complexity index is 58.4. The Balaban J connectivity index is 2.62. The van der Waals surface area contributed by atoms with Crippen molar-refractivity contribution in [2.75, 3.05) is 12.4 Å². The Labute approximate surface area is 54.4 Å². The van der Waals surface area contributed by atoms with E-state index in [4.69, 9.17) is 11.6 Å². The molecule has 0 amide bonds. The predicted octanol–water partition coefficient (Wildman–Crippen LogP) is 1.28. The molecule has 2 nitrogen and oxygen atoms in total. The van der Waals surface area contributed by atoms with E-state index in [-0.39, 0.29) is 0 Å². The fourth-order valence-corrected chi connectivity index (χ4v) is 0.390. The summed E-state index contributed by atoms with van der Waals surface area (Å²) < 4.78 is 0. The van der Waals surface area contributed by atoms with Crippen LogP contribution in [0.2, 0.25) is 0 Å². The van der Waals surface area contributed by atoms with E-state index in [1.807, 2.05) is 0 Å². The molecule has 8 heavy (non-hydrogen) atoms. The molecule has 0 aromatic carbocycles. The highest BCUT2D eigenvalue weighted by molar-refractivity contribution is 6.17. The zero-order chi connectivity index (χ0) is 6.24. The molecular formula is C5H10ClNO. The molecule has 3 heteroatoms. The molecule has 0 rings (SSSR count). The van der Waals surface area contributed by atoms with Crippen LogP contribution in [-0.4, -0.2) is 12.4 Å². The smallest absolute Gasteiger partial charge is 0.104 e. The van der Waals surface area contributed by atoms with Gasteiger partial charge in [0.05, 0.1) is 0 Å². The third kappa shape index (κ3) is 5.79. The number of alkyl halides is 1. The molecule has 0 spiro atoms. The third-order valence-electron chi connectivity index (χ3n) is 0.579. The van der Waals surface area contributed by atoms with Crippen molar-refractivity contribution in [1.29, 1.82) is 0 Å². The first-order valence-electron chi connectivity index (χ1n) is 2.47. The van der Waals surface area contributed by atoms with E-state index in [1.165, 1.54) is 6.26 Å². The van der Waals surface area contributed by atoms with Crippen LogP contribution in [0.4, 0.5) is 0 Å². The highest BCUT2D eigenvalue weighted by Gasteiger charge is 1.80. The van der Waals surface area contributed by atoms with Gasteiger partial charge in [0.25, 0.3) is 0 Å². The molecule has 0 atom stereocenters. The van der Waals surface area contributed by atoms with Gasteiger partial charge in [-0.3, -0.25) is 0 Å². The minimum atomic E-state index is 0.660. The molecule has 0 aliphatic rings. The van der Waals surface area contributed by atoms with Gasteiger partial charge in [0.1, 0.15) is 6.26 Å². The van der Waals surface area contributed by atoms with Crippen LogP contribution in [0.3, 0.4) is 0 Å². The average molecular weight is 136 g/mol. The van der Waals surface area contributed by atoms with Crippen LogP contribution in [0.5, 0.6) is 0 Å². The van der Waals surface area contributed by atoms with E-state index in [0.29, 0.717) is 5.88 Å². The van der Waals surface area contributed by atoms with Gasteiger partial charge in [0.2, 0.25) is 0 Å². The number of halogens is 1. The molecule has 0 aromatic rings. The Hall–Kier alpha value is -0.210. The summed E-state index contributed by atoms with van der Waals surface area (Å²) in [5.41, 5.74) is 2.63. The van der Waals surface area contributed by atoms with Crippen molar-refractivity contribution in [1.82, 2.24) is 5.48 Å². The molecule has 0 saturated heterocycles. The van der Waals surface area contributed by atoms with E-state index in [2.05, 4.69) is 16.9 Å². The third-order valence-corrected chi connectivity index (χ3v) is 0.846. The Morgan fingerprint density at radius 1 is 1.75 bits per heavy atom. The number of nitrogens with one attached hydrogen (secondary N) is 1. The molecule has 0 bridgehead atoms. The van der Waals surface area contributed by atoms with Gasteiger partial charge >= 0.3 is 0 Å². The summed E-state index contributed by atoms with van der Waals surface area (Å²) >= 11 is 5.36. The van der Waals surface area contributed by atoms with E-state index in [0.717, 1.165) is 13.0 Å². The summed E-state index contributed by atoms with van der Waals surface area (Å²) in [4.78, 5) is 4.59. The van der Waals surface area contributed by atoms with Crippen molar-refractivity contribution >= 4 is 11.6 Å². The van der Waals surface area contributed by atoms with Crippen molar-refractivity contribution in [3.63, 3.8) is 0 Å². The average Bonchev–Trinajstić information content (AvgIpc) is 1.81. The van der Waals surface area contributed by atoms with Crippen molar-refractivity contribution in [3.05, 3.63) is 12.8 Å². The van der Waals surface area contributed by atoms with E-state index >= 15 is 0 Å². The molecule has 0 aliphatic carbocycles. The van der Waals surface area contributed by atoms with Gasteiger partial charge in [-0.2, -0.15) is 5.48 Å². The lowest BCUT2D eigenvalue weighted by Crippen LogP contribution is -2.12. The molecule has 0 saturated carbocycles. The minimum Gasteiger partial charge on any atom is -0.417 e. The molecule has 0 heterocycles. The Kier molecular flexibility index (Phi) is 6.61. The largest absolute Gasteiger partial charge is 0.417 e.